The van der Waals surface area contributed by atoms with Gasteiger partial charge in [-0.3, -0.25) is 4.79 Å². The molecule has 1 saturated heterocycles. The van der Waals surface area contributed by atoms with E-state index in [-0.39, 0.29) is 5.91 Å². The first-order valence-electron chi connectivity index (χ1n) is 6.20. The summed E-state index contributed by atoms with van der Waals surface area (Å²) in [7, 11) is 1.84. The molecular formula is C13H24N2O. The van der Waals surface area contributed by atoms with E-state index in [1.54, 1.807) is 11.0 Å². The Kier molecular flexibility index (Phi) is 5.53. The summed E-state index contributed by atoms with van der Waals surface area (Å²) in [5, 5.41) is 3.40. The molecule has 1 aliphatic heterocycles. The molecule has 1 heterocycles. The molecule has 3 heteroatoms. The normalized spacial score (nSPS) is 22.5. The molecule has 1 N–H and O–H groups in total. The molecule has 1 aliphatic rings. The zero-order valence-corrected chi connectivity index (χ0v) is 10.5. The minimum absolute atomic E-state index is 0.234. The van der Waals surface area contributed by atoms with Gasteiger partial charge in [0.1, 0.15) is 0 Å². The summed E-state index contributed by atoms with van der Waals surface area (Å²) in [6.07, 6.45) is 4.93. The molecule has 0 aliphatic carbocycles. The fourth-order valence-electron chi connectivity index (χ4n) is 2.26. The molecule has 0 bridgehead atoms. The van der Waals surface area contributed by atoms with Gasteiger partial charge in [-0.15, -0.1) is 6.58 Å². The summed E-state index contributed by atoms with van der Waals surface area (Å²) in [5.41, 5.74) is 0. The average molecular weight is 224 g/mol. The number of nitrogens with one attached hydrogen (secondary N) is 1. The van der Waals surface area contributed by atoms with Gasteiger partial charge in [0.2, 0.25) is 5.91 Å². The van der Waals surface area contributed by atoms with Crippen molar-refractivity contribution in [3.05, 3.63) is 12.7 Å². The van der Waals surface area contributed by atoms with Crippen LogP contribution in [0.15, 0.2) is 12.7 Å². The van der Waals surface area contributed by atoms with Gasteiger partial charge in [0.15, 0.2) is 0 Å². The number of piperidine rings is 1. The Bertz CT molecular complexity index is 234. The molecule has 0 aromatic carbocycles. The van der Waals surface area contributed by atoms with Crippen molar-refractivity contribution in [1.82, 2.24) is 10.2 Å². The summed E-state index contributed by atoms with van der Waals surface area (Å²) in [6, 6.07) is 0. The lowest BCUT2D eigenvalue weighted by Gasteiger charge is -2.29. The first-order valence-corrected chi connectivity index (χ1v) is 6.20. The molecule has 1 rings (SSSR count). The zero-order chi connectivity index (χ0) is 12.0. The predicted molar refractivity (Wildman–Crippen MR) is 67.2 cm³/mol. The second-order valence-corrected chi connectivity index (χ2v) is 4.85. The Hall–Kier alpha value is -0.830. The third-order valence-corrected chi connectivity index (χ3v) is 3.47. The van der Waals surface area contributed by atoms with E-state index in [1.165, 1.54) is 12.8 Å². The first kappa shape index (κ1) is 13.2. The third-order valence-electron chi connectivity index (χ3n) is 3.47. The highest BCUT2D eigenvalue weighted by Crippen LogP contribution is 2.22. The molecule has 0 saturated carbocycles. The smallest absolute Gasteiger partial charge is 0.222 e. The lowest BCUT2D eigenvalue weighted by Crippen LogP contribution is -2.36. The van der Waals surface area contributed by atoms with Gasteiger partial charge in [0.25, 0.3) is 0 Å². The Balaban J connectivity index is 2.34. The second kappa shape index (κ2) is 6.69. The number of carbonyl (C=O) groups excluding carboxylic acids is 1. The molecule has 0 aromatic heterocycles. The maximum Gasteiger partial charge on any atom is 0.222 e. The molecule has 2 atom stereocenters. The van der Waals surface area contributed by atoms with Crippen LogP contribution in [0.2, 0.25) is 0 Å². The Morgan fingerprint density at radius 3 is 3.00 bits per heavy atom. The molecule has 1 fully saturated rings. The standard InChI is InChI=1S/C13H24N2O/c1-4-8-15(3)13(16)9-11(2)12-6-5-7-14-10-12/h4,11-12,14H,1,5-10H2,2-3H3. The fourth-order valence-corrected chi connectivity index (χ4v) is 2.26. The third kappa shape index (κ3) is 3.97. The van der Waals surface area contributed by atoms with Gasteiger partial charge in [0.05, 0.1) is 0 Å². The van der Waals surface area contributed by atoms with Crippen LogP contribution in [-0.2, 0) is 4.79 Å². The molecule has 16 heavy (non-hydrogen) atoms. The van der Waals surface area contributed by atoms with E-state index in [9.17, 15) is 4.79 Å². The number of hydrogen-bond acceptors (Lipinski definition) is 2. The summed E-state index contributed by atoms with van der Waals surface area (Å²) < 4.78 is 0. The largest absolute Gasteiger partial charge is 0.342 e. The zero-order valence-electron chi connectivity index (χ0n) is 10.5. The molecular weight excluding hydrogens is 200 g/mol. The highest BCUT2D eigenvalue weighted by molar-refractivity contribution is 5.76. The summed E-state index contributed by atoms with van der Waals surface area (Å²) in [6.45, 7) is 8.69. The number of amides is 1. The van der Waals surface area contributed by atoms with Gasteiger partial charge in [-0.05, 0) is 37.8 Å². The van der Waals surface area contributed by atoms with Crippen LogP contribution in [0.3, 0.4) is 0 Å². The highest BCUT2D eigenvalue weighted by atomic mass is 16.2. The number of rotatable bonds is 5. The van der Waals surface area contributed by atoms with Crippen LogP contribution in [0.25, 0.3) is 0 Å². The van der Waals surface area contributed by atoms with Gasteiger partial charge in [-0.2, -0.15) is 0 Å². The Morgan fingerprint density at radius 2 is 2.44 bits per heavy atom. The van der Waals surface area contributed by atoms with E-state index < -0.39 is 0 Å². The van der Waals surface area contributed by atoms with Crippen molar-refractivity contribution < 1.29 is 4.79 Å². The molecule has 2 unspecified atom stereocenters. The average Bonchev–Trinajstić information content (AvgIpc) is 2.30. The van der Waals surface area contributed by atoms with Crippen LogP contribution in [0.1, 0.15) is 26.2 Å². The number of nitrogens with zero attached hydrogens (tertiary/aromatic N) is 1. The van der Waals surface area contributed by atoms with Gasteiger partial charge < -0.3 is 10.2 Å². The second-order valence-electron chi connectivity index (χ2n) is 4.85. The van der Waals surface area contributed by atoms with Crippen molar-refractivity contribution >= 4 is 5.91 Å². The Morgan fingerprint density at radius 1 is 1.69 bits per heavy atom. The van der Waals surface area contributed by atoms with E-state index in [4.69, 9.17) is 0 Å². The lowest BCUT2D eigenvalue weighted by atomic mass is 9.85. The Labute approximate surface area is 98.9 Å². The van der Waals surface area contributed by atoms with E-state index in [2.05, 4.69) is 18.8 Å². The molecule has 0 radical (unpaired) electrons. The summed E-state index contributed by atoms with van der Waals surface area (Å²) in [5.74, 6) is 1.38. The predicted octanol–water partition coefficient (Wildman–Crippen LogP) is 1.66. The molecule has 92 valence electrons. The van der Waals surface area contributed by atoms with Crippen LogP contribution in [0.5, 0.6) is 0 Å². The minimum atomic E-state index is 0.234. The SMILES string of the molecule is C=CCN(C)C(=O)CC(C)C1CCCNC1. The van der Waals surface area contributed by atoms with Gasteiger partial charge in [0, 0.05) is 20.0 Å². The van der Waals surface area contributed by atoms with Gasteiger partial charge >= 0.3 is 0 Å². The van der Waals surface area contributed by atoms with Crippen LogP contribution in [0.4, 0.5) is 0 Å². The fraction of sp³-hybridized carbons (Fsp3) is 0.769. The highest BCUT2D eigenvalue weighted by Gasteiger charge is 2.22. The van der Waals surface area contributed by atoms with Gasteiger partial charge in [-0.25, -0.2) is 0 Å². The van der Waals surface area contributed by atoms with E-state index in [0.717, 1.165) is 13.1 Å². The number of hydrogen-bond donors (Lipinski definition) is 1. The monoisotopic (exact) mass is 224 g/mol. The maximum absolute atomic E-state index is 11.8. The van der Waals surface area contributed by atoms with Crippen molar-refractivity contribution in [2.45, 2.75) is 26.2 Å². The van der Waals surface area contributed by atoms with E-state index >= 15 is 0 Å². The van der Waals surface area contributed by atoms with Crippen LogP contribution >= 0.6 is 0 Å². The van der Waals surface area contributed by atoms with E-state index in [0.29, 0.717) is 24.8 Å². The summed E-state index contributed by atoms with van der Waals surface area (Å²) >= 11 is 0. The molecule has 1 amide bonds. The van der Waals surface area contributed by atoms with Gasteiger partial charge in [-0.1, -0.05) is 13.0 Å². The lowest BCUT2D eigenvalue weighted by molar-refractivity contribution is -0.130. The quantitative estimate of drug-likeness (QED) is 0.720. The molecule has 3 nitrogen and oxygen atoms in total. The van der Waals surface area contributed by atoms with Crippen molar-refractivity contribution in [2.24, 2.45) is 11.8 Å². The van der Waals surface area contributed by atoms with E-state index in [1.807, 2.05) is 7.05 Å². The first-order chi connectivity index (χ1) is 7.65. The van der Waals surface area contributed by atoms with Crippen molar-refractivity contribution in [3.8, 4) is 0 Å². The number of carbonyl (C=O) groups is 1. The summed E-state index contributed by atoms with van der Waals surface area (Å²) in [4.78, 5) is 13.6. The topological polar surface area (TPSA) is 32.3 Å². The minimum Gasteiger partial charge on any atom is -0.342 e. The van der Waals surface area contributed by atoms with Crippen LogP contribution in [-0.4, -0.2) is 37.5 Å². The maximum atomic E-state index is 11.8. The van der Waals surface area contributed by atoms with Crippen LogP contribution in [0, 0.1) is 11.8 Å². The van der Waals surface area contributed by atoms with Crippen molar-refractivity contribution in [1.29, 1.82) is 0 Å². The van der Waals surface area contributed by atoms with Crippen LogP contribution < -0.4 is 5.32 Å². The molecule has 0 aromatic rings. The molecule has 0 spiro atoms. The van der Waals surface area contributed by atoms with Crippen molar-refractivity contribution in [2.75, 3.05) is 26.7 Å². The van der Waals surface area contributed by atoms with Crippen molar-refractivity contribution in [3.63, 3.8) is 0 Å². The number of likely N-dealkylation sites (N-methyl/N-ethyl adjacent to an activating group) is 1.